The minimum absolute atomic E-state index is 0.0480. The number of benzene rings is 1. The molecule has 3 N–H and O–H groups in total. The van der Waals surface area contributed by atoms with Crippen LogP contribution in [0.4, 0.5) is 14.9 Å². The van der Waals surface area contributed by atoms with Crippen molar-refractivity contribution in [3.63, 3.8) is 0 Å². The Kier molecular flexibility index (Phi) is 4.16. The van der Waals surface area contributed by atoms with Crippen molar-refractivity contribution in [2.24, 2.45) is 5.41 Å². The van der Waals surface area contributed by atoms with Crippen molar-refractivity contribution in [2.75, 3.05) is 5.32 Å². The number of aromatic carboxylic acids is 1. The molecule has 0 heterocycles. The normalized spacial score (nSPS) is 20.0. The van der Waals surface area contributed by atoms with Crippen molar-refractivity contribution in [1.82, 2.24) is 5.32 Å². The second kappa shape index (κ2) is 5.71. The molecule has 1 atom stereocenters. The van der Waals surface area contributed by atoms with Gasteiger partial charge in [0.15, 0.2) is 0 Å². The highest BCUT2D eigenvalue weighted by Crippen LogP contribution is 2.37. The van der Waals surface area contributed by atoms with Crippen LogP contribution in [-0.2, 0) is 0 Å². The molecule has 0 saturated heterocycles. The summed E-state index contributed by atoms with van der Waals surface area (Å²) >= 11 is 0. The number of halogens is 1. The number of nitrogens with one attached hydrogen (secondary N) is 2. The Morgan fingerprint density at radius 2 is 2.10 bits per heavy atom. The number of hydrogen-bond donors (Lipinski definition) is 3. The van der Waals surface area contributed by atoms with Gasteiger partial charge < -0.3 is 15.7 Å². The van der Waals surface area contributed by atoms with E-state index < -0.39 is 23.4 Å². The monoisotopic (exact) mass is 294 g/mol. The molecule has 1 fully saturated rings. The quantitative estimate of drug-likeness (QED) is 0.801. The minimum Gasteiger partial charge on any atom is -0.478 e. The molecule has 1 aromatic rings. The van der Waals surface area contributed by atoms with Gasteiger partial charge in [-0.05, 0) is 36.5 Å². The fourth-order valence-electron chi connectivity index (χ4n) is 2.69. The van der Waals surface area contributed by atoms with Crippen LogP contribution >= 0.6 is 0 Å². The molecule has 0 spiro atoms. The first-order chi connectivity index (χ1) is 9.79. The molecule has 1 saturated carbocycles. The van der Waals surface area contributed by atoms with Crippen LogP contribution < -0.4 is 10.6 Å². The third kappa shape index (κ3) is 3.51. The van der Waals surface area contributed by atoms with Crippen LogP contribution in [0.15, 0.2) is 18.2 Å². The zero-order valence-corrected chi connectivity index (χ0v) is 12.1. The van der Waals surface area contributed by atoms with Crippen LogP contribution in [0.3, 0.4) is 0 Å². The summed E-state index contributed by atoms with van der Waals surface area (Å²) in [6, 6.07) is 3.14. The molecule has 5 nitrogen and oxygen atoms in total. The van der Waals surface area contributed by atoms with Gasteiger partial charge in [0.25, 0.3) is 0 Å². The predicted molar refractivity (Wildman–Crippen MR) is 76.9 cm³/mol. The van der Waals surface area contributed by atoms with Gasteiger partial charge in [-0.25, -0.2) is 14.0 Å². The van der Waals surface area contributed by atoms with Gasteiger partial charge in [-0.3, -0.25) is 0 Å². The highest BCUT2D eigenvalue weighted by Gasteiger charge is 2.35. The van der Waals surface area contributed by atoms with E-state index in [2.05, 4.69) is 24.5 Å². The molecule has 2 amide bonds. The Hall–Kier alpha value is -2.11. The lowest BCUT2D eigenvalue weighted by atomic mass is 9.87. The highest BCUT2D eigenvalue weighted by atomic mass is 19.1. The van der Waals surface area contributed by atoms with Crippen molar-refractivity contribution in [3.05, 3.63) is 29.6 Å². The SMILES string of the molecule is CC1(C)CCCC1NC(=O)Nc1ccc(F)c(C(=O)O)c1. The van der Waals surface area contributed by atoms with E-state index in [-0.39, 0.29) is 17.1 Å². The standard InChI is InChI=1S/C15H19FN2O3/c1-15(2)7-3-4-12(15)18-14(21)17-9-5-6-11(16)10(8-9)13(19)20/h5-6,8,12H,3-4,7H2,1-2H3,(H,19,20)(H2,17,18,21). The first kappa shape index (κ1) is 15.3. The van der Waals surface area contributed by atoms with Gasteiger partial charge in [0.2, 0.25) is 0 Å². The number of carbonyl (C=O) groups is 2. The maximum atomic E-state index is 13.3. The van der Waals surface area contributed by atoms with Crippen LogP contribution in [0.2, 0.25) is 0 Å². The molecule has 21 heavy (non-hydrogen) atoms. The number of carbonyl (C=O) groups excluding carboxylic acids is 1. The molecule has 1 aromatic carbocycles. The van der Waals surface area contributed by atoms with Gasteiger partial charge in [0.05, 0.1) is 5.56 Å². The molecule has 0 bridgehead atoms. The number of hydrogen-bond acceptors (Lipinski definition) is 2. The van der Waals surface area contributed by atoms with Crippen molar-refractivity contribution in [1.29, 1.82) is 0 Å². The van der Waals surface area contributed by atoms with E-state index in [1.54, 1.807) is 0 Å². The summed E-state index contributed by atoms with van der Waals surface area (Å²) < 4.78 is 13.3. The van der Waals surface area contributed by atoms with Gasteiger partial charge in [0, 0.05) is 11.7 Å². The van der Waals surface area contributed by atoms with Crippen molar-refractivity contribution in [2.45, 2.75) is 39.2 Å². The van der Waals surface area contributed by atoms with Gasteiger partial charge in [-0.1, -0.05) is 20.3 Å². The summed E-state index contributed by atoms with van der Waals surface area (Å²) in [5.41, 5.74) is -0.164. The lowest BCUT2D eigenvalue weighted by Crippen LogP contribution is -2.43. The van der Waals surface area contributed by atoms with Gasteiger partial charge in [0.1, 0.15) is 5.82 Å². The fourth-order valence-corrected chi connectivity index (χ4v) is 2.69. The Morgan fingerprint density at radius 1 is 1.38 bits per heavy atom. The van der Waals surface area contributed by atoms with E-state index in [9.17, 15) is 14.0 Å². The number of rotatable bonds is 3. The van der Waals surface area contributed by atoms with Crippen LogP contribution in [0.25, 0.3) is 0 Å². The highest BCUT2D eigenvalue weighted by molar-refractivity contribution is 5.93. The van der Waals surface area contributed by atoms with Crippen molar-refractivity contribution >= 4 is 17.7 Å². The van der Waals surface area contributed by atoms with E-state index in [0.717, 1.165) is 31.4 Å². The Balaban J connectivity index is 2.03. The molecular formula is C15H19FN2O3. The molecular weight excluding hydrogens is 275 g/mol. The Bertz CT molecular complexity index is 572. The zero-order chi connectivity index (χ0) is 15.6. The van der Waals surface area contributed by atoms with Crippen LogP contribution in [0, 0.1) is 11.2 Å². The summed E-state index contributed by atoms with van der Waals surface area (Å²) in [5, 5.41) is 14.3. The first-order valence-corrected chi connectivity index (χ1v) is 6.90. The second-order valence-electron chi connectivity index (χ2n) is 6.03. The van der Waals surface area contributed by atoms with Crippen LogP contribution in [0.5, 0.6) is 0 Å². The maximum absolute atomic E-state index is 13.3. The van der Waals surface area contributed by atoms with Crippen molar-refractivity contribution < 1.29 is 19.1 Å². The molecule has 0 aromatic heterocycles. The number of anilines is 1. The lowest BCUT2D eigenvalue weighted by Gasteiger charge is -2.27. The number of amides is 2. The van der Waals surface area contributed by atoms with Crippen LogP contribution in [-0.4, -0.2) is 23.1 Å². The molecule has 2 rings (SSSR count). The summed E-state index contributed by atoms with van der Waals surface area (Å²) in [5.74, 6) is -2.20. The van der Waals surface area contributed by atoms with E-state index in [1.807, 2.05) is 0 Å². The molecule has 0 radical (unpaired) electrons. The zero-order valence-electron chi connectivity index (χ0n) is 12.1. The topological polar surface area (TPSA) is 78.4 Å². The van der Waals surface area contributed by atoms with E-state index >= 15 is 0 Å². The smallest absolute Gasteiger partial charge is 0.338 e. The fraction of sp³-hybridized carbons (Fsp3) is 0.467. The molecule has 1 unspecified atom stereocenters. The van der Waals surface area contributed by atoms with Gasteiger partial charge in [-0.15, -0.1) is 0 Å². The van der Waals surface area contributed by atoms with Crippen molar-refractivity contribution in [3.8, 4) is 0 Å². The molecule has 1 aliphatic carbocycles. The third-order valence-electron chi connectivity index (χ3n) is 4.02. The average molecular weight is 294 g/mol. The van der Waals surface area contributed by atoms with E-state index in [0.29, 0.717) is 0 Å². The average Bonchev–Trinajstić information content (AvgIpc) is 2.71. The Morgan fingerprint density at radius 3 is 2.67 bits per heavy atom. The number of urea groups is 1. The largest absolute Gasteiger partial charge is 0.478 e. The summed E-state index contributed by atoms with van der Waals surface area (Å²) in [6.07, 6.45) is 3.04. The second-order valence-corrected chi connectivity index (χ2v) is 6.03. The first-order valence-electron chi connectivity index (χ1n) is 6.90. The van der Waals surface area contributed by atoms with Gasteiger partial charge in [-0.2, -0.15) is 0 Å². The predicted octanol–water partition coefficient (Wildman–Crippen LogP) is 3.22. The van der Waals surface area contributed by atoms with Gasteiger partial charge >= 0.3 is 12.0 Å². The summed E-state index contributed by atoms with van der Waals surface area (Å²) in [4.78, 5) is 22.8. The lowest BCUT2D eigenvalue weighted by molar-refractivity contribution is 0.0692. The van der Waals surface area contributed by atoms with E-state index in [1.165, 1.54) is 6.07 Å². The molecule has 114 valence electrons. The molecule has 6 heteroatoms. The number of carboxylic acid groups (broad SMARTS) is 1. The molecule has 0 aliphatic heterocycles. The summed E-state index contributed by atoms with van der Waals surface area (Å²) in [7, 11) is 0. The summed E-state index contributed by atoms with van der Waals surface area (Å²) in [6.45, 7) is 4.21. The molecule has 1 aliphatic rings. The third-order valence-corrected chi connectivity index (χ3v) is 4.02. The minimum atomic E-state index is -1.37. The Labute approximate surface area is 122 Å². The maximum Gasteiger partial charge on any atom is 0.338 e. The van der Waals surface area contributed by atoms with E-state index in [4.69, 9.17) is 5.11 Å². The number of carboxylic acids is 1. The van der Waals surface area contributed by atoms with Crippen LogP contribution in [0.1, 0.15) is 43.5 Å².